The molecule has 4 nitrogen and oxygen atoms in total. The van der Waals surface area contributed by atoms with Crippen LogP contribution in [0, 0.1) is 0 Å². The van der Waals surface area contributed by atoms with Gasteiger partial charge in [-0.2, -0.15) is 0 Å². The Balaban J connectivity index is 1.80. The molecule has 1 aromatic carbocycles. The lowest BCUT2D eigenvalue weighted by molar-refractivity contribution is -0.131. The van der Waals surface area contributed by atoms with Gasteiger partial charge in [-0.3, -0.25) is 9.80 Å². The van der Waals surface area contributed by atoms with E-state index in [0.29, 0.717) is 0 Å². The molecule has 18 heavy (non-hydrogen) atoms. The molecule has 0 radical (unpaired) electrons. The van der Waals surface area contributed by atoms with Crippen LogP contribution in [0.2, 0.25) is 5.02 Å². The molecule has 2 aliphatic rings. The van der Waals surface area contributed by atoms with Gasteiger partial charge in [-0.25, -0.2) is 5.43 Å². The molecule has 1 fully saturated rings. The van der Waals surface area contributed by atoms with E-state index in [4.69, 9.17) is 11.6 Å². The lowest BCUT2D eigenvalue weighted by atomic mass is 10.0. The molecular formula is C13H14ClN3O. The van der Waals surface area contributed by atoms with Crippen molar-refractivity contribution < 1.29 is 4.79 Å². The van der Waals surface area contributed by atoms with Gasteiger partial charge in [0.05, 0.1) is 6.04 Å². The summed E-state index contributed by atoms with van der Waals surface area (Å²) in [5, 5.41) is 5.68. The largest absolute Gasteiger partial charge is 0.367 e. The molecule has 2 N–H and O–H groups in total. The molecule has 0 bridgehead atoms. The lowest BCUT2D eigenvalue weighted by Gasteiger charge is -2.28. The van der Waals surface area contributed by atoms with Gasteiger partial charge in [0.1, 0.15) is 6.17 Å². The third-order valence-corrected chi connectivity index (χ3v) is 3.56. The zero-order valence-electron chi connectivity index (χ0n) is 9.98. The summed E-state index contributed by atoms with van der Waals surface area (Å²) in [7, 11) is 0. The summed E-state index contributed by atoms with van der Waals surface area (Å²) >= 11 is 5.88. The van der Waals surface area contributed by atoms with Crippen LogP contribution in [0.3, 0.4) is 0 Å². The van der Waals surface area contributed by atoms with Crippen LogP contribution in [-0.4, -0.2) is 17.1 Å². The fourth-order valence-corrected chi connectivity index (χ4v) is 2.57. The Hall–Kier alpha value is -1.52. The number of fused-ring (bicyclic) bond motifs is 1. The highest BCUT2D eigenvalue weighted by Crippen LogP contribution is 2.29. The molecule has 1 saturated heterocycles. The SMILES string of the molecule is CC1=CC(=O)N2NC(c3ccc(Cl)cc3)CC2N1. The summed E-state index contributed by atoms with van der Waals surface area (Å²) in [4.78, 5) is 11.8. The summed E-state index contributed by atoms with van der Waals surface area (Å²) in [5.41, 5.74) is 5.29. The normalized spacial score (nSPS) is 26.7. The third-order valence-electron chi connectivity index (χ3n) is 3.31. The molecular weight excluding hydrogens is 250 g/mol. The standard InChI is InChI=1S/C13H14ClN3O/c1-8-6-13(18)17-12(15-8)7-11(16-17)9-2-4-10(14)5-3-9/h2-6,11-12,15-16H,7H2,1H3. The van der Waals surface area contributed by atoms with Crippen LogP contribution in [0.4, 0.5) is 0 Å². The zero-order valence-corrected chi connectivity index (χ0v) is 10.7. The molecule has 2 aliphatic heterocycles. The van der Waals surface area contributed by atoms with Crippen LogP contribution in [0.1, 0.15) is 24.9 Å². The van der Waals surface area contributed by atoms with E-state index in [2.05, 4.69) is 10.7 Å². The molecule has 0 aliphatic carbocycles. The van der Waals surface area contributed by atoms with Crippen molar-refractivity contribution in [1.29, 1.82) is 0 Å². The number of hydrogen-bond donors (Lipinski definition) is 2. The number of allylic oxidation sites excluding steroid dienone is 1. The highest BCUT2D eigenvalue weighted by atomic mass is 35.5. The molecule has 0 saturated carbocycles. The van der Waals surface area contributed by atoms with Gasteiger partial charge in [0.15, 0.2) is 0 Å². The van der Waals surface area contributed by atoms with E-state index in [-0.39, 0.29) is 18.1 Å². The second kappa shape index (κ2) is 4.30. The fraction of sp³-hybridized carbons (Fsp3) is 0.308. The topological polar surface area (TPSA) is 44.4 Å². The maximum atomic E-state index is 11.8. The van der Waals surface area contributed by atoms with E-state index in [9.17, 15) is 4.79 Å². The van der Waals surface area contributed by atoms with E-state index in [1.165, 1.54) is 0 Å². The average Bonchev–Trinajstić information content (AvgIpc) is 2.74. The minimum Gasteiger partial charge on any atom is -0.367 e. The molecule has 2 unspecified atom stereocenters. The predicted octanol–water partition coefficient (Wildman–Crippen LogP) is 1.95. The van der Waals surface area contributed by atoms with Crippen molar-refractivity contribution in [2.24, 2.45) is 0 Å². The number of rotatable bonds is 1. The van der Waals surface area contributed by atoms with Gasteiger partial charge >= 0.3 is 0 Å². The number of nitrogens with zero attached hydrogens (tertiary/aromatic N) is 1. The molecule has 5 heteroatoms. The Labute approximate surface area is 111 Å². The number of benzene rings is 1. The first-order valence-electron chi connectivity index (χ1n) is 5.93. The molecule has 1 aromatic rings. The number of hydrogen-bond acceptors (Lipinski definition) is 3. The van der Waals surface area contributed by atoms with Crippen molar-refractivity contribution in [2.45, 2.75) is 25.6 Å². The van der Waals surface area contributed by atoms with E-state index >= 15 is 0 Å². The van der Waals surface area contributed by atoms with Gasteiger partial charge in [0, 0.05) is 23.2 Å². The van der Waals surface area contributed by atoms with Crippen molar-refractivity contribution in [3.05, 3.63) is 46.6 Å². The summed E-state index contributed by atoms with van der Waals surface area (Å²) in [6, 6.07) is 7.86. The van der Waals surface area contributed by atoms with Crippen molar-refractivity contribution in [3.8, 4) is 0 Å². The maximum absolute atomic E-state index is 11.8. The summed E-state index contributed by atoms with van der Waals surface area (Å²) in [5.74, 6) is 0.00714. The van der Waals surface area contributed by atoms with E-state index < -0.39 is 0 Å². The highest BCUT2D eigenvalue weighted by Gasteiger charge is 2.37. The molecule has 94 valence electrons. The monoisotopic (exact) mass is 263 g/mol. The first kappa shape index (κ1) is 11.6. The number of carbonyl (C=O) groups excluding carboxylic acids is 1. The van der Waals surface area contributed by atoms with Crippen LogP contribution in [0.25, 0.3) is 0 Å². The van der Waals surface area contributed by atoms with Gasteiger partial charge < -0.3 is 5.32 Å². The second-order valence-electron chi connectivity index (χ2n) is 4.66. The Kier molecular flexibility index (Phi) is 2.76. The fourth-order valence-electron chi connectivity index (χ4n) is 2.44. The minimum atomic E-state index is 0.00714. The van der Waals surface area contributed by atoms with Crippen LogP contribution < -0.4 is 10.7 Å². The van der Waals surface area contributed by atoms with Gasteiger partial charge in [-0.05, 0) is 24.6 Å². The molecule has 3 rings (SSSR count). The quantitative estimate of drug-likeness (QED) is 0.814. The Morgan fingerprint density at radius 1 is 1.33 bits per heavy atom. The van der Waals surface area contributed by atoms with Crippen molar-refractivity contribution >= 4 is 17.5 Å². The van der Waals surface area contributed by atoms with Crippen LogP contribution in [-0.2, 0) is 4.79 Å². The van der Waals surface area contributed by atoms with E-state index in [1.54, 1.807) is 11.1 Å². The van der Waals surface area contributed by atoms with Crippen LogP contribution in [0.5, 0.6) is 0 Å². The summed E-state index contributed by atoms with van der Waals surface area (Å²) < 4.78 is 0. The first-order chi connectivity index (χ1) is 8.63. The zero-order chi connectivity index (χ0) is 12.7. The number of nitrogens with one attached hydrogen (secondary N) is 2. The van der Waals surface area contributed by atoms with Crippen molar-refractivity contribution in [3.63, 3.8) is 0 Å². The molecule has 1 amide bonds. The smallest absolute Gasteiger partial charge is 0.264 e. The second-order valence-corrected chi connectivity index (χ2v) is 5.10. The molecule has 2 heterocycles. The number of hydrazine groups is 1. The third kappa shape index (κ3) is 1.98. The van der Waals surface area contributed by atoms with Gasteiger partial charge in [-0.1, -0.05) is 23.7 Å². The molecule has 2 atom stereocenters. The minimum absolute atomic E-state index is 0.00714. The van der Waals surface area contributed by atoms with E-state index in [0.717, 1.165) is 22.7 Å². The number of amides is 1. The molecule has 0 aromatic heterocycles. The van der Waals surface area contributed by atoms with E-state index in [1.807, 2.05) is 31.2 Å². The van der Waals surface area contributed by atoms with Crippen LogP contribution in [0.15, 0.2) is 36.0 Å². The lowest BCUT2D eigenvalue weighted by Crippen LogP contribution is -2.51. The average molecular weight is 264 g/mol. The van der Waals surface area contributed by atoms with Gasteiger partial charge in [0.2, 0.25) is 0 Å². The maximum Gasteiger partial charge on any atom is 0.264 e. The molecule has 0 spiro atoms. The summed E-state index contributed by atoms with van der Waals surface area (Å²) in [6.45, 7) is 1.91. The predicted molar refractivity (Wildman–Crippen MR) is 69.5 cm³/mol. The summed E-state index contributed by atoms with van der Waals surface area (Å²) in [6.07, 6.45) is 2.48. The van der Waals surface area contributed by atoms with Crippen molar-refractivity contribution in [1.82, 2.24) is 15.8 Å². The number of halogens is 1. The van der Waals surface area contributed by atoms with Crippen molar-refractivity contribution in [2.75, 3.05) is 0 Å². The van der Waals surface area contributed by atoms with Crippen LogP contribution >= 0.6 is 11.6 Å². The first-order valence-corrected chi connectivity index (χ1v) is 6.31. The Morgan fingerprint density at radius 2 is 2.06 bits per heavy atom. The van der Waals surface area contributed by atoms with Gasteiger partial charge in [-0.15, -0.1) is 0 Å². The highest BCUT2D eigenvalue weighted by molar-refractivity contribution is 6.30. The Morgan fingerprint density at radius 3 is 2.78 bits per heavy atom. The Bertz CT molecular complexity index is 511. The van der Waals surface area contributed by atoms with Gasteiger partial charge in [0.25, 0.3) is 5.91 Å². The number of carbonyl (C=O) groups is 1.